The van der Waals surface area contributed by atoms with Crippen LogP contribution in [0.4, 0.5) is 0 Å². The van der Waals surface area contributed by atoms with Crippen molar-refractivity contribution in [3.8, 4) is 0 Å². The van der Waals surface area contributed by atoms with Gasteiger partial charge in [-0.1, -0.05) is 11.6 Å². The molecular weight excluding hydrogens is 176 g/mol. The van der Waals surface area contributed by atoms with Crippen molar-refractivity contribution < 1.29 is 4.74 Å². The Kier molecular flexibility index (Phi) is 3.05. The molecule has 0 bridgehead atoms. The van der Waals surface area contributed by atoms with Crippen molar-refractivity contribution in [3.05, 3.63) is 29.0 Å². The number of nitrogens with one attached hydrogen (secondary N) is 1. The molecule has 1 N–H and O–H groups in total. The van der Waals surface area contributed by atoms with Gasteiger partial charge in [-0.3, -0.25) is 10.4 Å². The highest BCUT2D eigenvalue weighted by Crippen LogP contribution is 2.09. The summed E-state index contributed by atoms with van der Waals surface area (Å²) in [6.45, 7) is 2.30. The third-order valence-corrected chi connectivity index (χ3v) is 1.46. The summed E-state index contributed by atoms with van der Waals surface area (Å²) in [6.07, 6.45) is 3.06. The van der Waals surface area contributed by atoms with Gasteiger partial charge in [-0.2, -0.15) is 0 Å². The zero-order valence-electron chi connectivity index (χ0n) is 6.67. The summed E-state index contributed by atoms with van der Waals surface area (Å²) < 4.78 is 4.97. The fraction of sp³-hybridized carbons (Fsp3) is 0.250. The number of halogens is 1. The van der Waals surface area contributed by atoms with Crippen molar-refractivity contribution in [1.29, 1.82) is 5.41 Å². The van der Waals surface area contributed by atoms with Gasteiger partial charge < -0.3 is 4.74 Å². The number of nitrogens with zero attached hydrogens (tertiary/aromatic N) is 1. The lowest BCUT2D eigenvalue weighted by Crippen LogP contribution is -2.04. The standard InChI is InChI=1S/C8H9ClN2O/c1-2-12-8(10)6-3-7(9)5-11-4-6/h3-5,10H,2H2,1H3. The van der Waals surface area contributed by atoms with Crippen molar-refractivity contribution in [2.24, 2.45) is 0 Å². The molecule has 0 aliphatic rings. The van der Waals surface area contributed by atoms with Gasteiger partial charge in [0.05, 0.1) is 17.2 Å². The van der Waals surface area contributed by atoms with Crippen LogP contribution in [0, 0.1) is 5.41 Å². The van der Waals surface area contributed by atoms with Crippen LogP contribution in [-0.2, 0) is 4.74 Å². The summed E-state index contributed by atoms with van der Waals surface area (Å²) in [7, 11) is 0. The van der Waals surface area contributed by atoms with E-state index in [2.05, 4.69) is 4.98 Å². The van der Waals surface area contributed by atoms with E-state index in [0.29, 0.717) is 17.2 Å². The Labute approximate surface area is 75.8 Å². The first-order valence-electron chi connectivity index (χ1n) is 3.56. The number of hydrogen-bond acceptors (Lipinski definition) is 3. The Bertz CT molecular complexity index is 288. The quantitative estimate of drug-likeness (QED) is 0.565. The van der Waals surface area contributed by atoms with Gasteiger partial charge in [0, 0.05) is 12.4 Å². The molecule has 4 heteroatoms. The predicted octanol–water partition coefficient (Wildman–Crippen LogP) is 2.10. The van der Waals surface area contributed by atoms with E-state index in [-0.39, 0.29) is 5.90 Å². The minimum Gasteiger partial charge on any atom is -0.478 e. The van der Waals surface area contributed by atoms with Crippen LogP contribution in [0.1, 0.15) is 12.5 Å². The molecule has 1 aromatic rings. The van der Waals surface area contributed by atoms with Crippen molar-refractivity contribution in [1.82, 2.24) is 4.98 Å². The highest BCUT2D eigenvalue weighted by Gasteiger charge is 2.01. The monoisotopic (exact) mass is 184 g/mol. The molecule has 0 saturated heterocycles. The number of rotatable bonds is 2. The average Bonchev–Trinajstić information content (AvgIpc) is 2.05. The molecule has 1 aromatic heterocycles. The molecule has 12 heavy (non-hydrogen) atoms. The lowest BCUT2D eigenvalue weighted by molar-refractivity contribution is 0.325. The van der Waals surface area contributed by atoms with Crippen LogP contribution in [-0.4, -0.2) is 17.5 Å². The Morgan fingerprint density at radius 3 is 3.00 bits per heavy atom. The summed E-state index contributed by atoms with van der Waals surface area (Å²) in [6, 6.07) is 1.65. The van der Waals surface area contributed by atoms with E-state index in [0.717, 1.165) is 0 Å². The predicted molar refractivity (Wildman–Crippen MR) is 47.7 cm³/mol. The smallest absolute Gasteiger partial charge is 0.214 e. The van der Waals surface area contributed by atoms with E-state index in [4.69, 9.17) is 21.7 Å². The van der Waals surface area contributed by atoms with Gasteiger partial charge in [0.2, 0.25) is 5.90 Å². The molecule has 3 nitrogen and oxygen atoms in total. The van der Waals surface area contributed by atoms with Gasteiger partial charge in [-0.25, -0.2) is 0 Å². The number of hydrogen-bond donors (Lipinski definition) is 1. The van der Waals surface area contributed by atoms with Gasteiger partial charge >= 0.3 is 0 Å². The highest BCUT2D eigenvalue weighted by atomic mass is 35.5. The van der Waals surface area contributed by atoms with Crippen molar-refractivity contribution >= 4 is 17.5 Å². The maximum absolute atomic E-state index is 7.41. The third-order valence-electron chi connectivity index (χ3n) is 1.26. The van der Waals surface area contributed by atoms with Crippen LogP contribution in [0.15, 0.2) is 18.5 Å². The lowest BCUT2D eigenvalue weighted by atomic mass is 10.3. The first kappa shape index (κ1) is 9.00. The van der Waals surface area contributed by atoms with Gasteiger partial charge in [-0.05, 0) is 13.0 Å². The highest BCUT2D eigenvalue weighted by molar-refractivity contribution is 6.30. The summed E-state index contributed by atoms with van der Waals surface area (Å²) in [5.41, 5.74) is 0.601. The molecule has 0 unspecified atom stereocenters. The minimum atomic E-state index is 0.104. The second-order valence-corrected chi connectivity index (χ2v) is 2.59. The number of aromatic nitrogens is 1. The molecule has 0 atom stereocenters. The van der Waals surface area contributed by atoms with E-state index in [9.17, 15) is 0 Å². The number of pyridine rings is 1. The molecule has 1 rings (SSSR count). The molecule has 0 aliphatic heterocycles. The average molecular weight is 185 g/mol. The molecule has 64 valence electrons. The van der Waals surface area contributed by atoms with Crippen LogP contribution < -0.4 is 0 Å². The number of ether oxygens (including phenoxy) is 1. The molecular formula is C8H9ClN2O. The largest absolute Gasteiger partial charge is 0.478 e. The van der Waals surface area contributed by atoms with E-state index in [1.54, 1.807) is 12.3 Å². The molecule has 0 aliphatic carbocycles. The SMILES string of the molecule is CCOC(=N)c1cncc(Cl)c1. The summed E-state index contributed by atoms with van der Waals surface area (Å²) in [5.74, 6) is 0.104. The zero-order valence-corrected chi connectivity index (χ0v) is 7.43. The summed E-state index contributed by atoms with van der Waals surface area (Å²) >= 11 is 5.67. The van der Waals surface area contributed by atoms with Gasteiger partial charge in [-0.15, -0.1) is 0 Å². The summed E-state index contributed by atoms with van der Waals surface area (Å²) in [4.78, 5) is 3.83. The van der Waals surface area contributed by atoms with Crippen LogP contribution in [0.2, 0.25) is 5.02 Å². The molecule has 1 heterocycles. The van der Waals surface area contributed by atoms with E-state index < -0.39 is 0 Å². The van der Waals surface area contributed by atoms with E-state index in [1.165, 1.54) is 6.20 Å². The zero-order chi connectivity index (χ0) is 8.97. The first-order valence-corrected chi connectivity index (χ1v) is 3.94. The minimum absolute atomic E-state index is 0.104. The fourth-order valence-electron chi connectivity index (χ4n) is 0.764. The lowest BCUT2D eigenvalue weighted by Gasteiger charge is -2.03. The Morgan fingerprint density at radius 1 is 1.67 bits per heavy atom. The molecule has 0 fully saturated rings. The molecule has 0 radical (unpaired) electrons. The molecule has 0 spiro atoms. The van der Waals surface area contributed by atoms with Gasteiger partial charge in [0.15, 0.2) is 0 Å². The van der Waals surface area contributed by atoms with Crippen molar-refractivity contribution in [2.45, 2.75) is 6.92 Å². The molecule has 0 saturated carbocycles. The maximum atomic E-state index is 7.41. The second-order valence-electron chi connectivity index (χ2n) is 2.15. The topological polar surface area (TPSA) is 46.0 Å². The maximum Gasteiger partial charge on any atom is 0.214 e. The molecule has 0 amide bonds. The van der Waals surface area contributed by atoms with Gasteiger partial charge in [0.25, 0.3) is 0 Å². The Balaban J connectivity index is 2.81. The molecule has 0 aromatic carbocycles. The van der Waals surface area contributed by atoms with Gasteiger partial charge in [0.1, 0.15) is 0 Å². The van der Waals surface area contributed by atoms with Crippen molar-refractivity contribution in [3.63, 3.8) is 0 Å². The van der Waals surface area contributed by atoms with Crippen LogP contribution >= 0.6 is 11.6 Å². The van der Waals surface area contributed by atoms with Crippen molar-refractivity contribution in [2.75, 3.05) is 6.61 Å². The van der Waals surface area contributed by atoms with E-state index in [1.807, 2.05) is 6.92 Å². The second kappa shape index (κ2) is 4.07. The fourth-order valence-corrected chi connectivity index (χ4v) is 0.938. The normalized spacial score (nSPS) is 9.50. The van der Waals surface area contributed by atoms with Crippen LogP contribution in [0.25, 0.3) is 0 Å². The van der Waals surface area contributed by atoms with Crippen LogP contribution in [0.5, 0.6) is 0 Å². The first-order chi connectivity index (χ1) is 5.74. The van der Waals surface area contributed by atoms with Crippen LogP contribution in [0.3, 0.4) is 0 Å². The van der Waals surface area contributed by atoms with E-state index >= 15 is 0 Å². The Morgan fingerprint density at radius 2 is 2.42 bits per heavy atom. The Hall–Kier alpha value is -1.09. The third kappa shape index (κ3) is 2.20. The summed E-state index contributed by atoms with van der Waals surface area (Å²) in [5, 5.41) is 7.92.